The van der Waals surface area contributed by atoms with Crippen LogP contribution in [0.25, 0.3) is 0 Å². The predicted molar refractivity (Wildman–Crippen MR) is 93.0 cm³/mol. The van der Waals surface area contributed by atoms with Gasteiger partial charge >= 0.3 is 12.1 Å². The van der Waals surface area contributed by atoms with Crippen LogP contribution in [0.15, 0.2) is 0 Å². The fourth-order valence-electron chi connectivity index (χ4n) is 3.38. The summed E-state index contributed by atoms with van der Waals surface area (Å²) in [6.45, 7) is 11.8. The van der Waals surface area contributed by atoms with Crippen molar-refractivity contribution in [3.05, 3.63) is 0 Å². The van der Waals surface area contributed by atoms with E-state index in [0.29, 0.717) is 44.7 Å². The second-order valence-corrected chi connectivity index (χ2v) is 6.96. The van der Waals surface area contributed by atoms with Crippen LogP contribution in [0.4, 0.5) is 9.59 Å². The van der Waals surface area contributed by atoms with Gasteiger partial charge in [-0.15, -0.1) is 0 Å². The number of hydrogen-bond acceptors (Lipinski definition) is 4. The average Bonchev–Trinajstić information content (AvgIpc) is 2.60. The van der Waals surface area contributed by atoms with Gasteiger partial charge in [0.1, 0.15) is 0 Å². The van der Waals surface area contributed by atoms with Gasteiger partial charge in [0, 0.05) is 45.3 Å². The van der Waals surface area contributed by atoms with E-state index >= 15 is 0 Å². The van der Waals surface area contributed by atoms with Crippen molar-refractivity contribution in [2.45, 2.75) is 39.7 Å². The molecule has 0 spiro atoms. The monoisotopic (exact) mass is 340 g/mol. The molecular formula is C17H32N4O3. The number of hydrogen-bond donors (Lipinski definition) is 1. The lowest BCUT2D eigenvalue weighted by Gasteiger charge is -2.37. The normalized spacial score (nSPS) is 22.6. The van der Waals surface area contributed by atoms with E-state index in [1.165, 1.54) is 12.8 Å². The zero-order valence-electron chi connectivity index (χ0n) is 15.3. The van der Waals surface area contributed by atoms with Crippen LogP contribution in [0.2, 0.25) is 0 Å². The number of piperidine rings is 1. The molecule has 0 unspecified atom stereocenters. The minimum atomic E-state index is -0.284. The van der Waals surface area contributed by atoms with Gasteiger partial charge in [0.15, 0.2) is 0 Å². The van der Waals surface area contributed by atoms with E-state index < -0.39 is 0 Å². The van der Waals surface area contributed by atoms with E-state index in [1.54, 1.807) is 16.7 Å². The molecule has 0 aromatic rings. The van der Waals surface area contributed by atoms with Gasteiger partial charge in [-0.2, -0.15) is 0 Å². The Labute approximate surface area is 145 Å². The lowest BCUT2D eigenvalue weighted by Crippen LogP contribution is -2.54. The molecule has 2 heterocycles. The quantitative estimate of drug-likeness (QED) is 0.844. The predicted octanol–water partition coefficient (Wildman–Crippen LogP) is 1.59. The summed E-state index contributed by atoms with van der Waals surface area (Å²) in [5.41, 5.74) is 0. The van der Waals surface area contributed by atoms with E-state index in [0.717, 1.165) is 19.6 Å². The van der Waals surface area contributed by atoms with Gasteiger partial charge in [-0.25, -0.2) is 9.59 Å². The summed E-state index contributed by atoms with van der Waals surface area (Å²) in [5.74, 6) is 0.533. The van der Waals surface area contributed by atoms with E-state index in [1.807, 2.05) is 0 Å². The van der Waals surface area contributed by atoms with Crippen molar-refractivity contribution in [3.63, 3.8) is 0 Å². The Morgan fingerprint density at radius 2 is 1.79 bits per heavy atom. The largest absolute Gasteiger partial charge is 0.450 e. The molecule has 0 radical (unpaired) electrons. The molecule has 24 heavy (non-hydrogen) atoms. The molecule has 7 nitrogen and oxygen atoms in total. The first-order valence-corrected chi connectivity index (χ1v) is 9.19. The molecule has 2 aliphatic rings. The van der Waals surface area contributed by atoms with Crippen molar-refractivity contribution in [2.24, 2.45) is 5.92 Å². The second kappa shape index (κ2) is 9.11. The van der Waals surface area contributed by atoms with E-state index in [4.69, 9.17) is 4.74 Å². The fourth-order valence-corrected chi connectivity index (χ4v) is 3.38. The number of carbonyl (C=O) groups excluding carboxylic acids is 2. The Morgan fingerprint density at radius 3 is 2.42 bits per heavy atom. The van der Waals surface area contributed by atoms with E-state index in [2.05, 4.69) is 24.1 Å². The van der Waals surface area contributed by atoms with Crippen LogP contribution in [0.3, 0.4) is 0 Å². The van der Waals surface area contributed by atoms with Crippen LogP contribution in [-0.4, -0.2) is 85.3 Å². The van der Waals surface area contributed by atoms with Crippen LogP contribution in [0.5, 0.6) is 0 Å². The van der Waals surface area contributed by atoms with Crippen LogP contribution in [0, 0.1) is 5.92 Å². The number of ether oxygens (including phenoxy) is 1. The third-order valence-electron chi connectivity index (χ3n) is 4.92. The molecule has 2 fully saturated rings. The molecule has 3 amide bonds. The summed E-state index contributed by atoms with van der Waals surface area (Å²) in [7, 11) is 0. The number of amides is 3. The first-order chi connectivity index (χ1) is 11.5. The number of rotatable bonds is 4. The van der Waals surface area contributed by atoms with Crippen LogP contribution < -0.4 is 5.32 Å². The Bertz CT molecular complexity index is 422. The number of nitrogens with one attached hydrogen (secondary N) is 1. The van der Waals surface area contributed by atoms with Gasteiger partial charge < -0.3 is 24.8 Å². The first kappa shape index (κ1) is 18.8. The zero-order chi connectivity index (χ0) is 17.5. The Morgan fingerprint density at radius 1 is 1.12 bits per heavy atom. The number of piperazine rings is 1. The van der Waals surface area contributed by atoms with Gasteiger partial charge in [-0.3, -0.25) is 0 Å². The summed E-state index contributed by atoms with van der Waals surface area (Å²) in [5, 5.41) is 3.08. The second-order valence-electron chi connectivity index (χ2n) is 6.96. The molecule has 0 aliphatic carbocycles. The summed E-state index contributed by atoms with van der Waals surface area (Å²) in [6, 6.07) is 0.555. The highest BCUT2D eigenvalue weighted by atomic mass is 16.6. The molecule has 0 aromatic heterocycles. The summed E-state index contributed by atoms with van der Waals surface area (Å²) in [6.07, 6.45) is 2.10. The fraction of sp³-hybridized carbons (Fsp3) is 0.882. The maximum Gasteiger partial charge on any atom is 0.409 e. The van der Waals surface area contributed by atoms with Crippen molar-refractivity contribution < 1.29 is 14.3 Å². The average molecular weight is 340 g/mol. The molecule has 2 saturated heterocycles. The van der Waals surface area contributed by atoms with Gasteiger partial charge in [0.05, 0.1) is 6.61 Å². The first-order valence-electron chi connectivity index (χ1n) is 9.19. The smallest absolute Gasteiger partial charge is 0.409 e. The molecule has 138 valence electrons. The Hall–Kier alpha value is -1.50. The lowest BCUT2D eigenvalue weighted by atomic mass is 9.97. The van der Waals surface area contributed by atoms with Crippen molar-refractivity contribution in [1.82, 2.24) is 20.0 Å². The van der Waals surface area contributed by atoms with Crippen molar-refractivity contribution in [1.29, 1.82) is 0 Å². The molecular weight excluding hydrogens is 308 g/mol. The lowest BCUT2D eigenvalue weighted by molar-refractivity contribution is 0.0845. The molecule has 7 heteroatoms. The highest BCUT2D eigenvalue weighted by Crippen LogP contribution is 2.17. The maximum atomic E-state index is 12.3. The minimum absolute atomic E-state index is 0.0137. The third kappa shape index (κ3) is 5.26. The SMILES string of the molecule is CCOC(=O)N1CCN(C(=O)NC[C@@H]2CCCN(C(C)C)C2)CC1. The van der Waals surface area contributed by atoms with Crippen molar-refractivity contribution in [2.75, 3.05) is 52.4 Å². The number of carbonyl (C=O) groups is 2. The van der Waals surface area contributed by atoms with E-state index in [-0.39, 0.29) is 12.1 Å². The summed E-state index contributed by atoms with van der Waals surface area (Å²) >= 11 is 0. The third-order valence-corrected chi connectivity index (χ3v) is 4.92. The van der Waals surface area contributed by atoms with E-state index in [9.17, 15) is 9.59 Å². The molecule has 0 saturated carbocycles. The highest BCUT2D eigenvalue weighted by molar-refractivity contribution is 5.75. The van der Waals surface area contributed by atoms with Crippen molar-refractivity contribution >= 4 is 12.1 Å². The van der Waals surface area contributed by atoms with Crippen LogP contribution in [-0.2, 0) is 4.74 Å². The van der Waals surface area contributed by atoms with Crippen molar-refractivity contribution in [3.8, 4) is 0 Å². The molecule has 1 atom stereocenters. The molecule has 1 N–H and O–H groups in total. The molecule has 0 aromatic carbocycles. The van der Waals surface area contributed by atoms with Gasteiger partial charge in [-0.1, -0.05) is 0 Å². The Balaban J connectivity index is 1.69. The Kier molecular flexibility index (Phi) is 7.15. The van der Waals surface area contributed by atoms with Gasteiger partial charge in [0.2, 0.25) is 0 Å². The zero-order valence-corrected chi connectivity index (χ0v) is 15.3. The summed E-state index contributed by atoms with van der Waals surface area (Å²) in [4.78, 5) is 29.9. The number of urea groups is 1. The number of nitrogens with zero attached hydrogens (tertiary/aromatic N) is 3. The van der Waals surface area contributed by atoms with Crippen LogP contribution >= 0.6 is 0 Å². The number of likely N-dealkylation sites (tertiary alicyclic amines) is 1. The standard InChI is InChI=1S/C17H32N4O3/c1-4-24-17(23)20-10-8-19(9-11-20)16(22)18-12-15-6-5-7-21(13-15)14(2)3/h14-15H,4-13H2,1-3H3,(H,18,22)/t15-/m0/s1. The van der Waals surface area contributed by atoms with Crippen LogP contribution in [0.1, 0.15) is 33.6 Å². The maximum absolute atomic E-state index is 12.3. The summed E-state index contributed by atoms with van der Waals surface area (Å²) < 4.78 is 5.00. The molecule has 2 aliphatic heterocycles. The topological polar surface area (TPSA) is 65.1 Å². The minimum Gasteiger partial charge on any atom is -0.450 e. The highest BCUT2D eigenvalue weighted by Gasteiger charge is 2.26. The molecule has 2 rings (SSSR count). The molecule has 0 bridgehead atoms. The van der Waals surface area contributed by atoms with Gasteiger partial charge in [0.25, 0.3) is 0 Å². The van der Waals surface area contributed by atoms with Gasteiger partial charge in [-0.05, 0) is 46.1 Å².